The number of hydrogen-bond acceptors (Lipinski definition) is 5. The average Bonchev–Trinajstić information content (AvgIpc) is 2.85. The van der Waals surface area contributed by atoms with Gasteiger partial charge in [-0.25, -0.2) is 4.98 Å². The Morgan fingerprint density at radius 1 is 1.53 bits per heavy atom. The Labute approximate surface area is 105 Å². The molecule has 0 aromatic carbocycles. The Morgan fingerprint density at radius 2 is 2.41 bits per heavy atom. The molecule has 1 atom stereocenters. The minimum atomic E-state index is 0.263. The molecule has 0 radical (unpaired) electrons. The molecule has 0 saturated carbocycles. The van der Waals surface area contributed by atoms with Gasteiger partial charge in [0.1, 0.15) is 5.82 Å². The van der Waals surface area contributed by atoms with E-state index in [9.17, 15) is 0 Å². The van der Waals surface area contributed by atoms with E-state index in [2.05, 4.69) is 22.2 Å². The second-order valence-electron chi connectivity index (χ2n) is 3.77. The summed E-state index contributed by atoms with van der Waals surface area (Å²) in [7, 11) is 0. The highest BCUT2D eigenvalue weighted by atomic mass is 32.1. The van der Waals surface area contributed by atoms with Crippen molar-refractivity contribution in [3.8, 4) is 0 Å². The van der Waals surface area contributed by atoms with Crippen LogP contribution in [0.4, 0.5) is 5.82 Å². The molecule has 1 unspecified atom stereocenters. The van der Waals surface area contributed by atoms with Crippen molar-refractivity contribution < 1.29 is 0 Å². The highest BCUT2D eigenvalue weighted by molar-refractivity contribution is 7.09. The molecule has 17 heavy (non-hydrogen) atoms. The zero-order valence-electron chi connectivity index (χ0n) is 9.76. The third kappa shape index (κ3) is 3.01. The quantitative estimate of drug-likeness (QED) is 0.849. The summed E-state index contributed by atoms with van der Waals surface area (Å²) in [4.78, 5) is 9.46. The molecule has 2 rings (SSSR count). The molecular formula is C12H16N4S. The molecule has 0 aliphatic carbocycles. The van der Waals surface area contributed by atoms with Crippen molar-refractivity contribution >= 4 is 17.2 Å². The minimum Gasteiger partial charge on any atom is -0.383 e. The lowest BCUT2D eigenvalue weighted by Gasteiger charge is -2.16. The number of aromatic nitrogens is 2. The molecule has 4 nitrogen and oxygen atoms in total. The molecule has 0 aliphatic heterocycles. The van der Waals surface area contributed by atoms with E-state index >= 15 is 0 Å². The molecule has 2 aromatic heterocycles. The van der Waals surface area contributed by atoms with Crippen molar-refractivity contribution in [2.45, 2.75) is 19.4 Å². The summed E-state index contributed by atoms with van der Waals surface area (Å²) in [6.45, 7) is 3.02. The monoisotopic (exact) mass is 248 g/mol. The zero-order chi connectivity index (χ0) is 12.1. The maximum Gasteiger partial charge on any atom is 0.126 e. The number of hydrogen-bond donors (Lipinski definition) is 2. The summed E-state index contributed by atoms with van der Waals surface area (Å²) in [5, 5.41) is 3.45. The van der Waals surface area contributed by atoms with Crippen molar-refractivity contribution in [2.75, 3.05) is 12.3 Å². The summed E-state index contributed by atoms with van der Waals surface area (Å²) >= 11 is 1.66. The van der Waals surface area contributed by atoms with Gasteiger partial charge in [0.05, 0.1) is 5.51 Å². The van der Waals surface area contributed by atoms with Gasteiger partial charge in [0.15, 0.2) is 0 Å². The van der Waals surface area contributed by atoms with Crippen LogP contribution >= 0.6 is 11.3 Å². The van der Waals surface area contributed by atoms with E-state index in [0.29, 0.717) is 5.82 Å². The molecular weight excluding hydrogens is 232 g/mol. The van der Waals surface area contributed by atoms with E-state index in [0.717, 1.165) is 18.5 Å². The van der Waals surface area contributed by atoms with Crippen molar-refractivity contribution in [1.29, 1.82) is 0 Å². The van der Waals surface area contributed by atoms with E-state index in [1.54, 1.807) is 17.5 Å². The van der Waals surface area contributed by atoms with Gasteiger partial charge in [-0.05, 0) is 24.6 Å². The maximum absolute atomic E-state index is 5.87. The van der Waals surface area contributed by atoms with Crippen LogP contribution in [0.5, 0.6) is 0 Å². The Hall–Kier alpha value is -1.46. The Bertz CT molecular complexity index is 455. The van der Waals surface area contributed by atoms with Gasteiger partial charge in [-0.15, -0.1) is 11.3 Å². The second kappa shape index (κ2) is 5.75. The molecule has 90 valence electrons. The summed E-state index contributed by atoms with van der Waals surface area (Å²) in [5.74, 6) is 0.611. The number of nitrogens with zero attached hydrogens (tertiary/aromatic N) is 2. The summed E-state index contributed by atoms with van der Waals surface area (Å²) in [5.41, 5.74) is 8.80. The Balaban J connectivity index is 2.16. The number of nitrogens with two attached hydrogens (primary N) is 1. The highest BCUT2D eigenvalue weighted by Gasteiger charge is 2.14. The first-order valence-electron chi connectivity index (χ1n) is 5.62. The van der Waals surface area contributed by atoms with Gasteiger partial charge in [0.2, 0.25) is 0 Å². The van der Waals surface area contributed by atoms with Crippen LogP contribution in [0.2, 0.25) is 0 Å². The SMILES string of the molecule is CCNC(Cc1cccnc1N)c1cncs1. The molecule has 3 N–H and O–H groups in total. The fraction of sp³-hybridized carbons (Fsp3) is 0.333. The third-order valence-corrected chi connectivity index (χ3v) is 3.48. The van der Waals surface area contributed by atoms with Gasteiger partial charge in [0, 0.05) is 23.3 Å². The molecule has 0 spiro atoms. The van der Waals surface area contributed by atoms with Crippen LogP contribution < -0.4 is 11.1 Å². The van der Waals surface area contributed by atoms with Crippen LogP contribution in [0.3, 0.4) is 0 Å². The number of nitrogen functional groups attached to an aromatic ring is 1. The highest BCUT2D eigenvalue weighted by Crippen LogP contribution is 2.23. The van der Waals surface area contributed by atoms with Gasteiger partial charge in [0.25, 0.3) is 0 Å². The predicted molar refractivity (Wildman–Crippen MR) is 70.9 cm³/mol. The largest absolute Gasteiger partial charge is 0.383 e. The topological polar surface area (TPSA) is 63.8 Å². The van der Waals surface area contributed by atoms with Crippen LogP contribution in [-0.2, 0) is 6.42 Å². The standard InChI is InChI=1S/C12H16N4S/c1-2-15-10(11-7-14-8-17-11)6-9-4-3-5-16-12(9)13/h3-5,7-8,10,15H,2,6H2,1H3,(H2,13,16). The summed E-state index contributed by atoms with van der Waals surface area (Å²) < 4.78 is 0. The van der Waals surface area contributed by atoms with Gasteiger partial charge in [-0.3, -0.25) is 4.98 Å². The smallest absolute Gasteiger partial charge is 0.126 e. The number of anilines is 1. The first-order chi connectivity index (χ1) is 8.31. The number of thiazole rings is 1. The van der Waals surface area contributed by atoms with Crippen molar-refractivity contribution in [3.05, 3.63) is 40.5 Å². The summed E-state index contributed by atoms with van der Waals surface area (Å²) in [6, 6.07) is 4.20. The molecule has 0 fully saturated rings. The average molecular weight is 248 g/mol. The molecule has 0 amide bonds. The second-order valence-corrected chi connectivity index (χ2v) is 4.68. The van der Waals surface area contributed by atoms with Gasteiger partial charge >= 0.3 is 0 Å². The first kappa shape index (κ1) is 12.0. The van der Waals surface area contributed by atoms with Crippen LogP contribution in [0.15, 0.2) is 30.0 Å². The molecule has 2 aromatic rings. The van der Waals surface area contributed by atoms with E-state index in [1.807, 2.05) is 23.8 Å². The third-order valence-electron chi connectivity index (χ3n) is 2.60. The first-order valence-corrected chi connectivity index (χ1v) is 6.50. The lowest BCUT2D eigenvalue weighted by atomic mass is 10.1. The van der Waals surface area contributed by atoms with Gasteiger partial charge < -0.3 is 11.1 Å². The number of likely N-dealkylation sites (N-methyl/N-ethyl adjacent to an activating group) is 1. The number of rotatable bonds is 5. The predicted octanol–water partition coefficient (Wildman–Crippen LogP) is 2.01. The maximum atomic E-state index is 5.87. The van der Waals surface area contributed by atoms with E-state index in [-0.39, 0.29) is 6.04 Å². The lowest BCUT2D eigenvalue weighted by Crippen LogP contribution is -2.22. The molecule has 0 bridgehead atoms. The minimum absolute atomic E-state index is 0.263. The fourth-order valence-corrected chi connectivity index (χ4v) is 2.46. The van der Waals surface area contributed by atoms with Crippen molar-refractivity contribution in [1.82, 2.24) is 15.3 Å². The Kier molecular flexibility index (Phi) is 4.06. The van der Waals surface area contributed by atoms with Gasteiger partial charge in [-0.1, -0.05) is 13.0 Å². The van der Waals surface area contributed by atoms with E-state index < -0.39 is 0 Å². The van der Waals surface area contributed by atoms with Crippen molar-refractivity contribution in [2.24, 2.45) is 0 Å². The van der Waals surface area contributed by atoms with Gasteiger partial charge in [-0.2, -0.15) is 0 Å². The Morgan fingerprint density at radius 3 is 3.06 bits per heavy atom. The van der Waals surface area contributed by atoms with Crippen LogP contribution in [-0.4, -0.2) is 16.5 Å². The number of nitrogens with one attached hydrogen (secondary N) is 1. The van der Waals surface area contributed by atoms with E-state index in [4.69, 9.17) is 5.73 Å². The van der Waals surface area contributed by atoms with Crippen LogP contribution in [0.1, 0.15) is 23.4 Å². The lowest BCUT2D eigenvalue weighted by molar-refractivity contribution is 0.557. The molecule has 0 saturated heterocycles. The molecule has 0 aliphatic rings. The zero-order valence-corrected chi connectivity index (χ0v) is 10.6. The van der Waals surface area contributed by atoms with Crippen molar-refractivity contribution in [3.63, 3.8) is 0 Å². The van der Waals surface area contributed by atoms with E-state index in [1.165, 1.54) is 4.88 Å². The summed E-state index contributed by atoms with van der Waals surface area (Å²) in [6.07, 6.45) is 4.47. The molecule has 2 heterocycles. The van der Waals surface area contributed by atoms with Crippen LogP contribution in [0, 0.1) is 0 Å². The number of pyridine rings is 1. The normalized spacial score (nSPS) is 12.5. The van der Waals surface area contributed by atoms with Crippen LogP contribution in [0.25, 0.3) is 0 Å². The molecule has 5 heteroatoms. The fourth-order valence-electron chi connectivity index (χ4n) is 1.76.